The normalized spacial score (nSPS) is 49.8. The average Bonchev–Trinajstić information content (AvgIpc) is 2.57. The van der Waals surface area contributed by atoms with Gasteiger partial charge in [0.2, 0.25) is 0 Å². The third kappa shape index (κ3) is 2.49. The van der Waals surface area contributed by atoms with Gasteiger partial charge < -0.3 is 20.4 Å². The van der Waals surface area contributed by atoms with Gasteiger partial charge in [-0.2, -0.15) is 0 Å². The third-order valence-electron chi connectivity index (χ3n) is 8.10. The summed E-state index contributed by atoms with van der Waals surface area (Å²) < 4.78 is 0. The second kappa shape index (κ2) is 6.08. The molecule has 24 heavy (non-hydrogen) atoms. The fourth-order valence-electron chi connectivity index (χ4n) is 6.19. The van der Waals surface area contributed by atoms with Gasteiger partial charge in [-0.3, -0.25) is 0 Å². The smallest absolute Gasteiger partial charge is 0.0827 e. The van der Waals surface area contributed by atoms with Crippen molar-refractivity contribution >= 4 is 0 Å². The quantitative estimate of drug-likeness (QED) is 0.595. The van der Waals surface area contributed by atoms with Crippen LogP contribution in [0.25, 0.3) is 0 Å². The zero-order valence-electron chi connectivity index (χ0n) is 15.3. The number of hydrogen-bond acceptors (Lipinski definition) is 4. The molecule has 0 bridgehead atoms. The van der Waals surface area contributed by atoms with Gasteiger partial charge >= 0.3 is 0 Å². The molecule has 0 heterocycles. The summed E-state index contributed by atoms with van der Waals surface area (Å²) >= 11 is 0. The summed E-state index contributed by atoms with van der Waals surface area (Å²) in [6, 6.07) is 0. The van der Waals surface area contributed by atoms with Gasteiger partial charge in [0.05, 0.1) is 25.4 Å². The second-order valence-corrected chi connectivity index (χ2v) is 9.41. The van der Waals surface area contributed by atoms with Crippen molar-refractivity contribution in [3.63, 3.8) is 0 Å². The topological polar surface area (TPSA) is 80.9 Å². The van der Waals surface area contributed by atoms with Crippen LogP contribution in [0.2, 0.25) is 0 Å². The largest absolute Gasteiger partial charge is 0.396 e. The second-order valence-electron chi connectivity index (χ2n) is 9.41. The maximum Gasteiger partial charge on any atom is 0.0827 e. The van der Waals surface area contributed by atoms with E-state index in [4.69, 9.17) is 0 Å². The number of aliphatic hydroxyl groups is 4. The fourth-order valence-corrected chi connectivity index (χ4v) is 6.19. The van der Waals surface area contributed by atoms with Crippen molar-refractivity contribution in [1.82, 2.24) is 0 Å². The molecule has 0 aliphatic heterocycles. The summed E-state index contributed by atoms with van der Waals surface area (Å²) in [5.74, 6) is 0.758. The van der Waals surface area contributed by atoms with Crippen molar-refractivity contribution in [3.05, 3.63) is 11.6 Å². The lowest BCUT2D eigenvalue weighted by atomic mass is 9.45. The first-order valence-electron chi connectivity index (χ1n) is 9.48. The van der Waals surface area contributed by atoms with E-state index < -0.39 is 17.6 Å². The molecule has 3 aliphatic carbocycles. The standard InChI is InChI=1S/C20H34O4/c1-18(17(24)11-21)8-6-14-13(10-18)4-5-15-19(14,2)9-7-16(23)20(15,3)12-22/h4,14-17,21-24H,5-12H2,1-3H3. The molecule has 3 rings (SSSR count). The van der Waals surface area contributed by atoms with Gasteiger partial charge in [-0.05, 0) is 61.2 Å². The van der Waals surface area contributed by atoms with Crippen LogP contribution in [-0.4, -0.2) is 45.8 Å². The Labute approximate surface area is 145 Å². The van der Waals surface area contributed by atoms with E-state index in [1.807, 2.05) is 6.92 Å². The maximum absolute atomic E-state index is 10.5. The van der Waals surface area contributed by atoms with Crippen LogP contribution < -0.4 is 0 Å². The zero-order chi connectivity index (χ0) is 17.8. The predicted molar refractivity (Wildman–Crippen MR) is 93.3 cm³/mol. The van der Waals surface area contributed by atoms with Gasteiger partial charge in [0.15, 0.2) is 0 Å². The summed E-state index contributed by atoms with van der Waals surface area (Å²) in [6.45, 7) is 6.33. The number of aliphatic hydroxyl groups excluding tert-OH is 4. The van der Waals surface area contributed by atoms with Crippen molar-refractivity contribution in [2.45, 2.75) is 71.5 Å². The number of rotatable bonds is 3. The van der Waals surface area contributed by atoms with Crippen LogP contribution in [0.3, 0.4) is 0 Å². The third-order valence-corrected chi connectivity index (χ3v) is 8.10. The monoisotopic (exact) mass is 338 g/mol. The minimum absolute atomic E-state index is 0.0330. The van der Waals surface area contributed by atoms with Gasteiger partial charge in [0, 0.05) is 5.41 Å². The highest BCUT2D eigenvalue weighted by molar-refractivity contribution is 5.24. The average molecular weight is 338 g/mol. The molecule has 0 aromatic rings. The predicted octanol–water partition coefficient (Wildman–Crippen LogP) is 2.25. The molecule has 3 aliphatic rings. The first-order valence-corrected chi connectivity index (χ1v) is 9.48. The molecule has 7 atom stereocenters. The molecule has 7 unspecified atom stereocenters. The lowest BCUT2D eigenvalue weighted by Crippen LogP contribution is -2.58. The highest BCUT2D eigenvalue weighted by Gasteiger charge is 2.58. The Morgan fingerprint density at radius 1 is 1.17 bits per heavy atom. The van der Waals surface area contributed by atoms with E-state index in [1.54, 1.807) is 0 Å². The van der Waals surface area contributed by atoms with Crippen molar-refractivity contribution in [3.8, 4) is 0 Å². The van der Waals surface area contributed by atoms with E-state index >= 15 is 0 Å². The fraction of sp³-hybridized carbons (Fsp3) is 0.900. The van der Waals surface area contributed by atoms with Crippen molar-refractivity contribution in [2.24, 2.45) is 28.1 Å². The minimum Gasteiger partial charge on any atom is -0.396 e. The summed E-state index contributed by atoms with van der Waals surface area (Å²) in [4.78, 5) is 0. The van der Waals surface area contributed by atoms with Crippen LogP contribution in [0, 0.1) is 28.1 Å². The lowest BCUT2D eigenvalue weighted by molar-refractivity contribution is -0.150. The highest BCUT2D eigenvalue weighted by Crippen LogP contribution is 2.63. The molecule has 138 valence electrons. The van der Waals surface area contributed by atoms with Crippen LogP contribution in [0.1, 0.15) is 59.3 Å². The van der Waals surface area contributed by atoms with Crippen LogP contribution in [0.5, 0.6) is 0 Å². The minimum atomic E-state index is -0.666. The first-order chi connectivity index (χ1) is 11.2. The molecule has 2 fully saturated rings. The van der Waals surface area contributed by atoms with Gasteiger partial charge in [-0.25, -0.2) is 0 Å². The van der Waals surface area contributed by atoms with E-state index in [9.17, 15) is 20.4 Å². The molecule has 0 amide bonds. The molecule has 0 aromatic heterocycles. The Hall–Kier alpha value is -0.420. The van der Waals surface area contributed by atoms with E-state index in [-0.39, 0.29) is 24.0 Å². The van der Waals surface area contributed by atoms with Gasteiger partial charge in [0.1, 0.15) is 0 Å². The molecular formula is C20H34O4. The molecule has 4 heteroatoms. The number of hydrogen-bond donors (Lipinski definition) is 4. The maximum atomic E-state index is 10.5. The van der Waals surface area contributed by atoms with Crippen LogP contribution >= 0.6 is 0 Å². The molecule has 0 aromatic carbocycles. The molecular weight excluding hydrogens is 304 g/mol. The molecule has 4 N–H and O–H groups in total. The van der Waals surface area contributed by atoms with Gasteiger partial charge in [-0.1, -0.05) is 32.4 Å². The summed E-state index contributed by atoms with van der Waals surface area (Å²) in [5, 5.41) is 40.2. The molecule has 0 radical (unpaired) electrons. The summed E-state index contributed by atoms with van der Waals surface area (Å²) in [5.41, 5.74) is 0.855. The van der Waals surface area contributed by atoms with Crippen LogP contribution in [0.15, 0.2) is 11.6 Å². The Morgan fingerprint density at radius 3 is 2.50 bits per heavy atom. The van der Waals surface area contributed by atoms with Crippen molar-refractivity contribution in [1.29, 1.82) is 0 Å². The number of fused-ring (bicyclic) bond motifs is 3. The van der Waals surface area contributed by atoms with Gasteiger partial charge in [0.25, 0.3) is 0 Å². The summed E-state index contributed by atoms with van der Waals surface area (Å²) in [6.07, 6.45) is 6.63. The van der Waals surface area contributed by atoms with E-state index in [1.165, 1.54) is 5.57 Å². The van der Waals surface area contributed by atoms with Crippen molar-refractivity contribution in [2.75, 3.05) is 13.2 Å². The number of allylic oxidation sites excluding steroid dienone is 2. The van der Waals surface area contributed by atoms with E-state index in [2.05, 4.69) is 19.9 Å². The molecule has 0 spiro atoms. The summed E-state index contributed by atoms with van der Waals surface area (Å²) in [7, 11) is 0. The Morgan fingerprint density at radius 2 is 1.88 bits per heavy atom. The lowest BCUT2D eigenvalue weighted by Gasteiger charge is -2.61. The van der Waals surface area contributed by atoms with E-state index in [0.717, 1.165) is 38.5 Å². The molecule has 4 nitrogen and oxygen atoms in total. The first kappa shape index (κ1) is 18.4. The SMILES string of the molecule is CC1(C(O)CO)CCC2C(=CCC3C(C)(CO)C(O)CCC23C)C1. The van der Waals surface area contributed by atoms with Crippen molar-refractivity contribution < 1.29 is 20.4 Å². The van der Waals surface area contributed by atoms with Crippen LogP contribution in [-0.2, 0) is 0 Å². The zero-order valence-corrected chi connectivity index (χ0v) is 15.3. The molecule has 0 saturated heterocycles. The van der Waals surface area contributed by atoms with Crippen LogP contribution in [0.4, 0.5) is 0 Å². The molecule has 2 saturated carbocycles. The Balaban J connectivity index is 1.92. The Kier molecular flexibility index (Phi) is 4.66. The van der Waals surface area contributed by atoms with Gasteiger partial charge in [-0.15, -0.1) is 0 Å². The Bertz CT molecular complexity index is 518. The van der Waals surface area contributed by atoms with E-state index in [0.29, 0.717) is 11.8 Å². The highest BCUT2D eigenvalue weighted by atomic mass is 16.3.